The van der Waals surface area contributed by atoms with Crippen molar-refractivity contribution in [2.75, 3.05) is 26.7 Å². The molecular weight excluding hydrogens is 345 g/mol. The van der Waals surface area contributed by atoms with Crippen LogP contribution in [0.15, 0.2) is 36.7 Å². The Morgan fingerprint density at radius 1 is 1.33 bits per heavy atom. The zero-order chi connectivity index (χ0) is 18.8. The maximum atomic E-state index is 14.3. The topological polar surface area (TPSA) is 54.5 Å². The fourth-order valence-corrected chi connectivity index (χ4v) is 3.98. The Bertz CT molecular complexity index is 828. The van der Waals surface area contributed by atoms with Crippen molar-refractivity contribution in [3.8, 4) is 16.9 Å². The van der Waals surface area contributed by atoms with Crippen LogP contribution < -0.4 is 10.1 Å². The maximum absolute atomic E-state index is 14.3. The molecule has 27 heavy (non-hydrogen) atoms. The molecule has 142 valence electrons. The molecule has 5 nitrogen and oxygen atoms in total. The van der Waals surface area contributed by atoms with E-state index in [9.17, 15) is 9.18 Å². The smallest absolute Gasteiger partial charge is 0.224 e. The highest BCUT2D eigenvalue weighted by Crippen LogP contribution is 2.40. The van der Waals surface area contributed by atoms with E-state index < -0.39 is 0 Å². The first kappa shape index (κ1) is 17.9. The van der Waals surface area contributed by atoms with Gasteiger partial charge in [-0.05, 0) is 56.3 Å². The molecule has 0 radical (unpaired) electrons. The van der Waals surface area contributed by atoms with Gasteiger partial charge in [0, 0.05) is 36.5 Å². The number of nitrogens with zero attached hydrogens (tertiary/aromatic N) is 2. The number of carbonyl (C=O) groups excluding carboxylic acids is 1. The first-order chi connectivity index (χ1) is 13.1. The van der Waals surface area contributed by atoms with Gasteiger partial charge in [-0.15, -0.1) is 0 Å². The summed E-state index contributed by atoms with van der Waals surface area (Å²) in [5, 5.41) is 3.01. The SMILES string of the molecule is CN1CCC[C@H](C(=O)NC[C@H]2Cc3c(F)ccc(-c4ccncc4)c3O2)C1. The number of nitrogens with one attached hydrogen (secondary N) is 1. The first-order valence-corrected chi connectivity index (χ1v) is 9.46. The number of amides is 1. The first-order valence-electron chi connectivity index (χ1n) is 9.46. The Kier molecular flexibility index (Phi) is 5.07. The zero-order valence-corrected chi connectivity index (χ0v) is 15.5. The number of hydrogen-bond donors (Lipinski definition) is 1. The van der Waals surface area contributed by atoms with E-state index in [1.54, 1.807) is 18.5 Å². The van der Waals surface area contributed by atoms with Crippen molar-refractivity contribution in [1.29, 1.82) is 0 Å². The predicted molar refractivity (Wildman–Crippen MR) is 101 cm³/mol. The summed E-state index contributed by atoms with van der Waals surface area (Å²) in [4.78, 5) is 18.7. The standard InChI is InChI=1S/C21H24FN3O2/c1-25-10-2-3-15(13-25)21(26)24-12-16-11-18-19(22)5-4-17(20(18)27-16)14-6-8-23-9-7-14/h4-9,15-16H,2-3,10-13H2,1H3,(H,24,26)/t15-,16+/m0/s1. The molecule has 2 atom stereocenters. The van der Waals surface area contributed by atoms with Crippen molar-refractivity contribution >= 4 is 5.91 Å². The van der Waals surface area contributed by atoms with Gasteiger partial charge in [0.15, 0.2) is 0 Å². The Labute approximate surface area is 158 Å². The number of rotatable bonds is 4. The third-order valence-electron chi connectivity index (χ3n) is 5.41. The summed E-state index contributed by atoms with van der Waals surface area (Å²) in [5.41, 5.74) is 2.38. The van der Waals surface area contributed by atoms with E-state index in [-0.39, 0.29) is 23.7 Å². The molecule has 2 aliphatic rings. The average molecular weight is 369 g/mol. The van der Waals surface area contributed by atoms with Crippen molar-refractivity contribution < 1.29 is 13.9 Å². The number of likely N-dealkylation sites (tertiary alicyclic amines) is 1. The summed E-state index contributed by atoms with van der Waals surface area (Å²) in [7, 11) is 2.04. The highest BCUT2D eigenvalue weighted by Gasteiger charge is 2.30. The van der Waals surface area contributed by atoms with E-state index in [0.29, 0.717) is 24.3 Å². The second kappa shape index (κ2) is 7.64. The van der Waals surface area contributed by atoms with E-state index in [4.69, 9.17) is 4.74 Å². The molecular formula is C21H24FN3O2. The van der Waals surface area contributed by atoms with Crippen LogP contribution in [0, 0.1) is 11.7 Å². The van der Waals surface area contributed by atoms with Crippen LogP contribution in [0.5, 0.6) is 5.75 Å². The molecule has 0 bridgehead atoms. The fourth-order valence-electron chi connectivity index (χ4n) is 3.98. The largest absolute Gasteiger partial charge is 0.487 e. The van der Waals surface area contributed by atoms with Crippen molar-refractivity contribution in [3.05, 3.63) is 48.0 Å². The van der Waals surface area contributed by atoms with Gasteiger partial charge >= 0.3 is 0 Å². The van der Waals surface area contributed by atoms with Gasteiger partial charge in [-0.3, -0.25) is 9.78 Å². The Hall–Kier alpha value is -2.47. The lowest BCUT2D eigenvalue weighted by Crippen LogP contribution is -2.44. The van der Waals surface area contributed by atoms with Crippen molar-refractivity contribution in [3.63, 3.8) is 0 Å². The van der Waals surface area contributed by atoms with Gasteiger partial charge in [0.25, 0.3) is 0 Å². The number of ether oxygens (including phenoxy) is 1. The molecule has 2 aromatic rings. The van der Waals surface area contributed by atoms with Crippen LogP contribution in [0.1, 0.15) is 18.4 Å². The van der Waals surface area contributed by atoms with Crippen LogP contribution in [0.3, 0.4) is 0 Å². The number of piperidine rings is 1. The van der Waals surface area contributed by atoms with E-state index >= 15 is 0 Å². The molecule has 0 aliphatic carbocycles. The van der Waals surface area contributed by atoms with Gasteiger partial charge in [0.1, 0.15) is 17.7 Å². The quantitative estimate of drug-likeness (QED) is 0.900. The summed E-state index contributed by atoms with van der Waals surface area (Å²) in [6, 6.07) is 6.98. The normalized spacial score (nSPS) is 22.1. The molecule has 1 amide bonds. The van der Waals surface area contributed by atoms with E-state index in [1.807, 2.05) is 19.2 Å². The van der Waals surface area contributed by atoms with E-state index in [2.05, 4.69) is 15.2 Å². The van der Waals surface area contributed by atoms with E-state index in [0.717, 1.165) is 37.1 Å². The molecule has 4 rings (SSSR count). The van der Waals surface area contributed by atoms with Gasteiger partial charge in [0.05, 0.1) is 12.5 Å². The molecule has 3 heterocycles. The lowest BCUT2D eigenvalue weighted by atomic mass is 9.97. The van der Waals surface area contributed by atoms with Crippen molar-refractivity contribution in [2.24, 2.45) is 5.92 Å². The van der Waals surface area contributed by atoms with Gasteiger partial charge in [-0.2, -0.15) is 0 Å². The highest BCUT2D eigenvalue weighted by molar-refractivity contribution is 5.79. The van der Waals surface area contributed by atoms with Crippen LogP contribution >= 0.6 is 0 Å². The number of pyridine rings is 1. The van der Waals surface area contributed by atoms with Gasteiger partial charge in [-0.25, -0.2) is 4.39 Å². The zero-order valence-electron chi connectivity index (χ0n) is 15.5. The predicted octanol–water partition coefficient (Wildman–Crippen LogP) is 2.65. The van der Waals surface area contributed by atoms with Crippen LogP contribution in [0.2, 0.25) is 0 Å². The molecule has 1 aromatic carbocycles. The van der Waals surface area contributed by atoms with Crippen molar-refractivity contribution in [1.82, 2.24) is 15.2 Å². The number of hydrogen-bond acceptors (Lipinski definition) is 4. The fraction of sp³-hybridized carbons (Fsp3) is 0.429. The minimum absolute atomic E-state index is 0.0247. The molecule has 6 heteroatoms. The average Bonchev–Trinajstić information content (AvgIpc) is 3.12. The van der Waals surface area contributed by atoms with Gasteiger partial charge in [0.2, 0.25) is 5.91 Å². The summed E-state index contributed by atoms with van der Waals surface area (Å²) >= 11 is 0. The molecule has 1 fully saturated rings. The van der Waals surface area contributed by atoms with Crippen molar-refractivity contribution in [2.45, 2.75) is 25.4 Å². The maximum Gasteiger partial charge on any atom is 0.224 e. The number of halogens is 1. The summed E-state index contributed by atoms with van der Waals surface area (Å²) in [6.45, 7) is 2.23. The lowest BCUT2D eigenvalue weighted by molar-refractivity contribution is -0.126. The summed E-state index contributed by atoms with van der Waals surface area (Å²) in [5.74, 6) is 0.413. The molecule has 0 saturated carbocycles. The second-order valence-electron chi connectivity index (χ2n) is 7.43. The number of aromatic nitrogens is 1. The molecule has 1 aromatic heterocycles. The van der Waals surface area contributed by atoms with E-state index in [1.165, 1.54) is 6.07 Å². The molecule has 0 unspecified atom stereocenters. The Balaban J connectivity index is 1.43. The number of fused-ring (bicyclic) bond motifs is 1. The van der Waals surface area contributed by atoms with Crippen LogP contribution in [0.4, 0.5) is 4.39 Å². The number of benzene rings is 1. The third kappa shape index (κ3) is 3.81. The van der Waals surface area contributed by atoms with Crippen LogP contribution in [-0.2, 0) is 11.2 Å². The lowest BCUT2D eigenvalue weighted by Gasteiger charge is -2.29. The van der Waals surface area contributed by atoms with Crippen LogP contribution in [0.25, 0.3) is 11.1 Å². The number of carbonyl (C=O) groups is 1. The summed E-state index contributed by atoms with van der Waals surface area (Å²) in [6.07, 6.45) is 5.59. The Morgan fingerprint density at radius 2 is 2.15 bits per heavy atom. The molecule has 0 spiro atoms. The minimum atomic E-state index is -0.259. The van der Waals surface area contributed by atoms with Gasteiger partial charge in [-0.1, -0.05) is 0 Å². The summed E-state index contributed by atoms with van der Waals surface area (Å²) < 4.78 is 20.4. The highest BCUT2D eigenvalue weighted by atomic mass is 19.1. The molecule has 1 N–H and O–H groups in total. The van der Waals surface area contributed by atoms with Crippen LogP contribution in [-0.4, -0.2) is 48.6 Å². The minimum Gasteiger partial charge on any atom is -0.487 e. The molecule has 2 aliphatic heterocycles. The van der Waals surface area contributed by atoms with Gasteiger partial charge < -0.3 is 15.0 Å². The molecule has 1 saturated heterocycles. The Morgan fingerprint density at radius 3 is 2.93 bits per heavy atom. The second-order valence-corrected chi connectivity index (χ2v) is 7.43. The monoisotopic (exact) mass is 369 g/mol. The third-order valence-corrected chi connectivity index (χ3v) is 5.41.